The number of rotatable bonds is 6. The van der Waals surface area contributed by atoms with Crippen LogP contribution in [0, 0.1) is 5.92 Å². The number of hydrogen-bond acceptors (Lipinski definition) is 3. The first-order valence-corrected chi connectivity index (χ1v) is 6.31. The minimum atomic E-state index is 0.366. The summed E-state index contributed by atoms with van der Waals surface area (Å²) in [7, 11) is 4.24. The normalized spacial score (nSPS) is 15.2. The Labute approximate surface area is 105 Å². The fourth-order valence-electron chi connectivity index (χ4n) is 1.92. The number of pyridine rings is 1. The molecule has 0 saturated carbocycles. The number of aromatic nitrogens is 1. The van der Waals surface area contributed by atoms with E-state index >= 15 is 0 Å². The molecule has 17 heavy (non-hydrogen) atoms. The molecule has 1 heterocycles. The predicted octanol–water partition coefficient (Wildman–Crippen LogP) is 2.32. The van der Waals surface area contributed by atoms with Crippen LogP contribution in [0.25, 0.3) is 0 Å². The van der Waals surface area contributed by atoms with E-state index in [-0.39, 0.29) is 0 Å². The molecule has 0 spiro atoms. The Balaban J connectivity index is 2.61. The van der Waals surface area contributed by atoms with E-state index in [0.29, 0.717) is 18.0 Å². The summed E-state index contributed by atoms with van der Waals surface area (Å²) < 4.78 is 0. The Bertz CT molecular complexity index is 309. The molecule has 0 bridgehead atoms. The van der Waals surface area contributed by atoms with Crippen molar-refractivity contribution in [3.63, 3.8) is 0 Å². The lowest BCUT2D eigenvalue weighted by atomic mass is 10.0. The van der Waals surface area contributed by atoms with E-state index in [1.165, 1.54) is 5.56 Å². The molecule has 1 aromatic heterocycles. The van der Waals surface area contributed by atoms with Gasteiger partial charge >= 0.3 is 0 Å². The molecule has 0 amide bonds. The van der Waals surface area contributed by atoms with Crippen molar-refractivity contribution >= 4 is 0 Å². The summed E-state index contributed by atoms with van der Waals surface area (Å²) in [6.07, 6.45) is 3.70. The van der Waals surface area contributed by atoms with Gasteiger partial charge in [-0.2, -0.15) is 0 Å². The zero-order valence-electron chi connectivity index (χ0n) is 11.6. The number of likely N-dealkylation sites (N-methyl/N-ethyl adjacent to an activating group) is 1. The molecule has 0 radical (unpaired) electrons. The van der Waals surface area contributed by atoms with E-state index in [4.69, 9.17) is 0 Å². The van der Waals surface area contributed by atoms with Gasteiger partial charge in [-0.3, -0.25) is 4.98 Å². The van der Waals surface area contributed by atoms with Crippen LogP contribution in [0.3, 0.4) is 0 Å². The molecule has 0 aliphatic heterocycles. The molecule has 0 fully saturated rings. The van der Waals surface area contributed by atoms with Crippen LogP contribution in [0.4, 0.5) is 0 Å². The highest BCUT2D eigenvalue weighted by Gasteiger charge is 2.17. The van der Waals surface area contributed by atoms with E-state index in [2.05, 4.69) is 62.2 Å². The van der Waals surface area contributed by atoms with Gasteiger partial charge in [-0.05, 0) is 44.6 Å². The number of nitrogens with one attached hydrogen (secondary N) is 1. The SMILES string of the molecule is CC(NC(CN(C)C)C(C)C)c1ccncc1. The summed E-state index contributed by atoms with van der Waals surface area (Å²) in [5.41, 5.74) is 1.30. The Morgan fingerprint density at radius 2 is 1.76 bits per heavy atom. The molecular formula is C14H25N3. The van der Waals surface area contributed by atoms with Gasteiger partial charge in [-0.25, -0.2) is 0 Å². The van der Waals surface area contributed by atoms with E-state index in [0.717, 1.165) is 6.54 Å². The molecule has 1 aromatic rings. The van der Waals surface area contributed by atoms with E-state index in [1.807, 2.05) is 12.4 Å². The van der Waals surface area contributed by atoms with Gasteiger partial charge in [0.1, 0.15) is 0 Å². The van der Waals surface area contributed by atoms with Crippen molar-refractivity contribution in [2.75, 3.05) is 20.6 Å². The second-order valence-electron chi connectivity index (χ2n) is 5.28. The first kappa shape index (κ1) is 14.1. The van der Waals surface area contributed by atoms with Crippen molar-refractivity contribution in [2.45, 2.75) is 32.9 Å². The first-order valence-electron chi connectivity index (χ1n) is 6.31. The Morgan fingerprint density at radius 1 is 1.18 bits per heavy atom. The monoisotopic (exact) mass is 235 g/mol. The Hall–Kier alpha value is -0.930. The van der Waals surface area contributed by atoms with Crippen LogP contribution in [0.5, 0.6) is 0 Å². The van der Waals surface area contributed by atoms with Crippen molar-refractivity contribution in [1.82, 2.24) is 15.2 Å². The van der Waals surface area contributed by atoms with Gasteiger partial charge in [0.05, 0.1) is 0 Å². The maximum absolute atomic E-state index is 4.05. The van der Waals surface area contributed by atoms with Gasteiger partial charge < -0.3 is 10.2 Å². The highest BCUT2D eigenvalue weighted by molar-refractivity contribution is 5.14. The number of nitrogens with zero attached hydrogens (tertiary/aromatic N) is 2. The molecule has 1 N–H and O–H groups in total. The van der Waals surface area contributed by atoms with E-state index in [1.54, 1.807) is 0 Å². The molecule has 96 valence electrons. The third-order valence-corrected chi connectivity index (χ3v) is 3.04. The molecule has 0 aromatic carbocycles. The summed E-state index contributed by atoms with van der Waals surface area (Å²) in [5.74, 6) is 0.627. The van der Waals surface area contributed by atoms with Crippen molar-refractivity contribution in [3.8, 4) is 0 Å². The standard InChI is InChI=1S/C14H25N3/c1-11(2)14(10-17(4)5)16-12(3)13-6-8-15-9-7-13/h6-9,11-12,14,16H,10H2,1-5H3. The molecule has 3 heteroatoms. The van der Waals surface area contributed by atoms with Crippen molar-refractivity contribution in [2.24, 2.45) is 5.92 Å². The van der Waals surface area contributed by atoms with Crippen LogP contribution in [-0.2, 0) is 0 Å². The molecule has 1 rings (SSSR count). The molecule has 2 unspecified atom stereocenters. The Kier molecular flexibility index (Phi) is 5.59. The van der Waals surface area contributed by atoms with Gasteiger partial charge in [0.15, 0.2) is 0 Å². The van der Waals surface area contributed by atoms with Crippen LogP contribution in [0.15, 0.2) is 24.5 Å². The van der Waals surface area contributed by atoms with Gasteiger partial charge in [-0.15, -0.1) is 0 Å². The summed E-state index contributed by atoms with van der Waals surface area (Å²) >= 11 is 0. The minimum Gasteiger partial charge on any atom is -0.308 e. The van der Waals surface area contributed by atoms with Crippen molar-refractivity contribution in [1.29, 1.82) is 0 Å². The van der Waals surface area contributed by atoms with Gasteiger partial charge in [0, 0.05) is 31.0 Å². The van der Waals surface area contributed by atoms with Crippen LogP contribution in [-0.4, -0.2) is 36.6 Å². The molecular weight excluding hydrogens is 210 g/mol. The number of hydrogen-bond donors (Lipinski definition) is 1. The van der Waals surface area contributed by atoms with Crippen molar-refractivity contribution in [3.05, 3.63) is 30.1 Å². The smallest absolute Gasteiger partial charge is 0.0296 e. The predicted molar refractivity (Wildman–Crippen MR) is 73.0 cm³/mol. The van der Waals surface area contributed by atoms with Crippen LogP contribution < -0.4 is 5.32 Å². The maximum Gasteiger partial charge on any atom is 0.0296 e. The largest absolute Gasteiger partial charge is 0.308 e. The maximum atomic E-state index is 4.05. The summed E-state index contributed by atoms with van der Waals surface area (Å²) in [5, 5.41) is 3.69. The van der Waals surface area contributed by atoms with Crippen LogP contribution in [0.1, 0.15) is 32.4 Å². The minimum absolute atomic E-state index is 0.366. The Morgan fingerprint density at radius 3 is 2.24 bits per heavy atom. The molecule has 3 nitrogen and oxygen atoms in total. The molecule has 0 aliphatic rings. The van der Waals surface area contributed by atoms with Crippen LogP contribution >= 0.6 is 0 Å². The third-order valence-electron chi connectivity index (χ3n) is 3.04. The fraction of sp³-hybridized carbons (Fsp3) is 0.643. The average Bonchev–Trinajstić information content (AvgIpc) is 2.28. The lowest BCUT2D eigenvalue weighted by molar-refractivity contribution is 0.273. The molecule has 0 aliphatic carbocycles. The average molecular weight is 235 g/mol. The zero-order chi connectivity index (χ0) is 12.8. The fourth-order valence-corrected chi connectivity index (χ4v) is 1.92. The van der Waals surface area contributed by atoms with Gasteiger partial charge in [0.25, 0.3) is 0 Å². The third kappa shape index (κ3) is 4.84. The van der Waals surface area contributed by atoms with Crippen LogP contribution in [0.2, 0.25) is 0 Å². The lowest BCUT2D eigenvalue weighted by Gasteiger charge is -2.29. The quantitative estimate of drug-likeness (QED) is 0.820. The van der Waals surface area contributed by atoms with E-state index < -0.39 is 0 Å². The highest BCUT2D eigenvalue weighted by atomic mass is 15.1. The lowest BCUT2D eigenvalue weighted by Crippen LogP contribution is -2.43. The molecule has 2 atom stereocenters. The second kappa shape index (κ2) is 6.72. The first-order chi connectivity index (χ1) is 8.00. The topological polar surface area (TPSA) is 28.2 Å². The van der Waals surface area contributed by atoms with Crippen molar-refractivity contribution < 1.29 is 0 Å². The summed E-state index contributed by atoms with van der Waals surface area (Å²) in [6, 6.07) is 5.02. The summed E-state index contributed by atoms with van der Waals surface area (Å²) in [4.78, 5) is 6.29. The van der Waals surface area contributed by atoms with Gasteiger partial charge in [0.2, 0.25) is 0 Å². The van der Waals surface area contributed by atoms with Gasteiger partial charge in [-0.1, -0.05) is 13.8 Å². The zero-order valence-corrected chi connectivity index (χ0v) is 11.6. The summed E-state index contributed by atoms with van der Waals surface area (Å²) in [6.45, 7) is 7.80. The van der Waals surface area contributed by atoms with E-state index in [9.17, 15) is 0 Å². The molecule has 0 saturated heterocycles. The highest BCUT2D eigenvalue weighted by Crippen LogP contribution is 2.14. The second-order valence-corrected chi connectivity index (χ2v) is 5.28.